The summed E-state index contributed by atoms with van der Waals surface area (Å²) in [6.07, 6.45) is 1.71. The molecule has 5 nitrogen and oxygen atoms in total. The molecular formula is C9H20N2O3. The van der Waals surface area contributed by atoms with Crippen molar-refractivity contribution in [1.29, 1.82) is 0 Å². The van der Waals surface area contributed by atoms with Gasteiger partial charge in [0.2, 0.25) is 0 Å². The molecule has 5 N–H and O–H groups in total. The molecule has 0 aromatic rings. The Balaban J connectivity index is 3.55. The zero-order valence-corrected chi connectivity index (χ0v) is 8.57. The highest BCUT2D eigenvalue weighted by molar-refractivity contribution is 5.73. The second-order valence-electron chi connectivity index (χ2n) is 3.39. The van der Waals surface area contributed by atoms with Gasteiger partial charge >= 0.3 is 5.97 Å². The Labute approximate surface area is 84.3 Å². The number of carboxylic acid groups (broad SMARTS) is 1. The van der Waals surface area contributed by atoms with E-state index < -0.39 is 12.0 Å². The van der Waals surface area contributed by atoms with Crippen molar-refractivity contribution in [2.24, 2.45) is 11.7 Å². The van der Waals surface area contributed by atoms with Crippen LogP contribution in [0.2, 0.25) is 0 Å². The van der Waals surface area contributed by atoms with E-state index >= 15 is 0 Å². The van der Waals surface area contributed by atoms with Gasteiger partial charge in [0.1, 0.15) is 6.04 Å². The van der Waals surface area contributed by atoms with Crippen molar-refractivity contribution in [2.45, 2.75) is 25.8 Å². The normalized spacial score (nSPS) is 15.1. The maximum absolute atomic E-state index is 10.4. The second kappa shape index (κ2) is 7.73. The maximum Gasteiger partial charge on any atom is 0.321 e. The highest BCUT2D eigenvalue weighted by Crippen LogP contribution is 2.05. The predicted octanol–water partition coefficient (Wildman–Crippen LogP) is -0.603. The molecule has 0 aliphatic carbocycles. The number of carbonyl (C=O) groups is 1. The summed E-state index contributed by atoms with van der Waals surface area (Å²) < 4.78 is 0. The van der Waals surface area contributed by atoms with Gasteiger partial charge in [-0.05, 0) is 18.9 Å². The van der Waals surface area contributed by atoms with Gasteiger partial charge in [-0.3, -0.25) is 4.79 Å². The summed E-state index contributed by atoms with van der Waals surface area (Å²) >= 11 is 0. The molecule has 0 amide bonds. The number of carboxylic acids is 1. The van der Waals surface area contributed by atoms with Crippen molar-refractivity contribution in [3.63, 3.8) is 0 Å². The maximum atomic E-state index is 10.4. The first-order chi connectivity index (χ1) is 6.61. The lowest BCUT2D eigenvalue weighted by molar-refractivity contribution is -0.138. The summed E-state index contributed by atoms with van der Waals surface area (Å²) in [5, 5.41) is 20.2. The van der Waals surface area contributed by atoms with E-state index in [1.165, 1.54) is 0 Å². The zero-order chi connectivity index (χ0) is 11.0. The molecule has 0 aliphatic heterocycles. The lowest BCUT2D eigenvalue weighted by Crippen LogP contribution is -2.41. The Kier molecular flexibility index (Phi) is 7.37. The number of aliphatic hydroxyl groups is 1. The van der Waals surface area contributed by atoms with E-state index in [1.54, 1.807) is 0 Å². The molecule has 0 aromatic heterocycles. The Morgan fingerprint density at radius 1 is 1.50 bits per heavy atom. The van der Waals surface area contributed by atoms with E-state index in [9.17, 15) is 4.79 Å². The van der Waals surface area contributed by atoms with E-state index in [0.717, 1.165) is 12.8 Å². The number of nitrogens with two attached hydrogens (primary N) is 1. The standard InChI is InChI=1S/C9H20N2O3/c1-2-7(3-4-12)5-11-6-8(10)9(13)14/h7-8,11-12H,2-6,10H2,1H3,(H,13,14). The van der Waals surface area contributed by atoms with Gasteiger partial charge in [0, 0.05) is 13.2 Å². The van der Waals surface area contributed by atoms with Crippen LogP contribution in [0.25, 0.3) is 0 Å². The highest BCUT2D eigenvalue weighted by Gasteiger charge is 2.11. The molecule has 2 atom stereocenters. The molecule has 0 rings (SSSR count). The predicted molar refractivity (Wildman–Crippen MR) is 54.0 cm³/mol. The Hall–Kier alpha value is -0.650. The quantitative estimate of drug-likeness (QED) is 0.423. The number of aliphatic hydroxyl groups excluding tert-OH is 1. The minimum atomic E-state index is -0.993. The van der Waals surface area contributed by atoms with Crippen molar-refractivity contribution in [1.82, 2.24) is 5.32 Å². The van der Waals surface area contributed by atoms with Gasteiger partial charge in [-0.2, -0.15) is 0 Å². The molecule has 0 saturated heterocycles. The molecule has 0 fully saturated rings. The average Bonchev–Trinajstić information content (AvgIpc) is 2.16. The fraction of sp³-hybridized carbons (Fsp3) is 0.889. The number of nitrogens with one attached hydrogen (secondary N) is 1. The summed E-state index contributed by atoms with van der Waals surface area (Å²) in [5.74, 6) is -0.603. The molecule has 0 aliphatic rings. The third-order valence-corrected chi connectivity index (χ3v) is 2.23. The third-order valence-electron chi connectivity index (χ3n) is 2.23. The van der Waals surface area contributed by atoms with E-state index in [0.29, 0.717) is 12.5 Å². The molecule has 14 heavy (non-hydrogen) atoms. The average molecular weight is 204 g/mol. The van der Waals surface area contributed by atoms with Crippen molar-refractivity contribution in [2.75, 3.05) is 19.7 Å². The molecule has 0 saturated carbocycles. The summed E-state index contributed by atoms with van der Waals surface area (Å²) in [6, 6.07) is -0.846. The van der Waals surface area contributed by atoms with Crippen molar-refractivity contribution in [3.8, 4) is 0 Å². The third kappa shape index (κ3) is 5.90. The van der Waals surface area contributed by atoms with Crippen LogP contribution in [0.3, 0.4) is 0 Å². The molecule has 0 heterocycles. The van der Waals surface area contributed by atoms with Crippen LogP contribution < -0.4 is 11.1 Å². The minimum absolute atomic E-state index is 0.172. The fourth-order valence-corrected chi connectivity index (χ4v) is 1.16. The van der Waals surface area contributed by atoms with Gasteiger partial charge in [-0.25, -0.2) is 0 Å². The Morgan fingerprint density at radius 2 is 2.14 bits per heavy atom. The number of aliphatic carboxylic acids is 1. The van der Waals surface area contributed by atoms with Gasteiger partial charge in [0.05, 0.1) is 0 Å². The monoisotopic (exact) mass is 204 g/mol. The lowest BCUT2D eigenvalue weighted by Gasteiger charge is -2.15. The van der Waals surface area contributed by atoms with Crippen molar-refractivity contribution < 1.29 is 15.0 Å². The summed E-state index contributed by atoms with van der Waals surface area (Å²) in [7, 11) is 0. The molecule has 0 bridgehead atoms. The van der Waals surface area contributed by atoms with E-state index in [1.807, 2.05) is 6.92 Å². The molecule has 84 valence electrons. The SMILES string of the molecule is CCC(CCO)CNCC(N)C(=O)O. The van der Waals surface area contributed by atoms with Crippen LogP contribution in [0.1, 0.15) is 19.8 Å². The largest absolute Gasteiger partial charge is 0.480 e. The van der Waals surface area contributed by atoms with Crippen molar-refractivity contribution in [3.05, 3.63) is 0 Å². The minimum Gasteiger partial charge on any atom is -0.480 e. The number of hydrogen-bond donors (Lipinski definition) is 4. The van der Waals surface area contributed by atoms with Crippen LogP contribution in [0.15, 0.2) is 0 Å². The van der Waals surface area contributed by atoms with Gasteiger partial charge in [-0.15, -0.1) is 0 Å². The molecule has 5 heteroatoms. The smallest absolute Gasteiger partial charge is 0.321 e. The van der Waals surface area contributed by atoms with Gasteiger partial charge in [-0.1, -0.05) is 13.3 Å². The summed E-state index contributed by atoms with van der Waals surface area (Å²) in [6.45, 7) is 3.19. The van der Waals surface area contributed by atoms with Crippen molar-refractivity contribution >= 4 is 5.97 Å². The van der Waals surface area contributed by atoms with Gasteiger partial charge in [0.15, 0.2) is 0 Å². The zero-order valence-electron chi connectivity index (χ0n) is 8.57. The van der Waals surface area contributed by atoms with Gasteiger partial charge < -0.3 is 21.3 Å². The number of rotatable bonds is 8. The fourth-order valence-electron chi connectivity index (χ4n) is 1.16. The molecule has 2 unspecified atom stereocenters. The Bertz CT molecular complexity index is 164. The van der Waals surface area contributed by atoms with Crippen LogP contribution in [0.5, 0.6) is 0 Å². The summed E-state index contributed by atoms with van der Waals surface area (Å²) in [4.78, 5) is 10.4. The lowest BCUT2D eigenvalue weighted by atomic mass is 10.0. The van der Waals surface area contributed by atoms with Crippen LogP contribution in [0.4, 0.5) is 0 Å². The second-order valence-corrected chi connectivity index (χ2v) is 3.39. The first kappa shape index (κ1) is 13.4. The summed E-state index contributed by atoms with van der Waals surface area (Å²) in [5.41, 5.74) is 5.31. The first-order valence-corrected chi connectivity index (χ1v) is 4.91. The van der Waals surface area contributed by atoms with Crippen LogP contribution in [-0.4, -0.2) is 41.9 Å². The van der Waals surface area contributed by atoms with Gasteiger partial charge in [0.25, 0.3) is 0 Å². The molecule has 0 spiro atoms. The van der Waals surface area contributed by atoms with Crippen LogP contribution in [-0.2, 0) is 4.79 Å². The molecular weight excluding hydrogens is 184 g/mol. The van der Waals surface area contributed by atoms with E-state index in [2.05, 4.69) is 5.32 Å². The topological polar surface area (TPSA) is 95.6 Å². The molecule has 0 radical (unpaired) electrons. The van der Waals surface area contributed by atoms with E-state index in [-0.39, 0.29) is 13.2 Å². The van der Waals surface area contributed by atoms with Crippen LogP contribution >= 0.6 is 0 Å². The Morgan fingerprint density at radius 3 is 2.57 bits per heavy atom. The first-order valence-electron chi connectivity index (χ1n) is 4.91. The van der Waals surface area contributed by atoms with E-state index in [4.69, 9.17) is 15.9 Å². The number of hydrogen-bond acceptors (Lipinski definition) is 4. The molecule has 0 aromatic carbocycles. The van der Waals surface area contributed by atoms with Crippen LogP contribution in [0, 0.1) is 5.92 Å². The highest BCUT2D eigenvalue weighted by atomic mass is 16.4.